The summed E-state index contributed by atoms with van der Waals surface area (Å²) in [6, 6.07) is 2.52. The van der Waals surface area contributed by atoms with Crippen LogP contribution in [0.1, 0.15) is 31.3 Å². The Hall–Kier alpha value is -2.48. The van der Waals surface area contributed by atoms with Crippen molar-refractivity contribution in [2.75, 3.05) is 5.32 Å². The average molecular weight is 307 g/mol. The number of thiophene rings is 1. The van der Waals surface area contributed by atoms with Gasteiger partial charge in [-0.25, -0.2) is 9.48 Å². The van der Waals surface area contributed by atoms with Gasteiger partial charge in [-0.15, -0.1) is 11.3 Å². The Kier molecular flexibility index (Phi) is 3.90. The summed E-state index contributed by atoms with van der Waals surface area (Å²) in [7, 11) is 1.43. The fourth-order valence-corrected chi connectivity index (χ4v) is 2.81. The van der Waals surface area contributed by atoms with Crippen LogP contribution in [0.2, 0.25) is 0 Å². The van der Waals surface area contributed by atoms with E-state index in [9.17, 15) is 19.5 Å². The van der Waals surface area contributed by atoms with Crippen molar-refractivity contribution in [1.82, 2.24) is 9.78 Å². The molecule has 2 rings (SSSR count). The first-order valence-corrected chi connectivity index (χ1v) is 6.82. The maximum atomic E-state index is 12.1. The van der Waals surface area contributed by atoms with Gasteiger partial charge in [0, 0.05) is 18.0 Å². The van der Waals surface area contributed by atoms with Crippen LogP contribution in [0, 0.1) is 13.8 Å². The minimum Gasteiger partial charge on any atom is -0.478 e. The zero-order valence-corrected chi connectivity index (χ0v) is 12.4. The number of nitrogens with zero attached hydrogens (tertiary/aromatic N) is 2. The highest BCUT2D eigenvalue weighted by molar-refractivity contribution is 7.16. The monoisotopic (exact) mass is 307 g/mol. The van der Waals surface area contributed by atoms with E-state index in [0.29, 0.717) is 5.56 Å². The molecule has 0 atom stereocenters. The van der Waals surface area contributed by atoms with Crippen molar-refractivity contribution in [3.63, 3.8) is 0 Å². The molecule has 0 unspecified atom stereocenters. The van der Waals surface area contributed by atoms with E-state index in [0.717, 1.165) is 9.56 Å². The Morgan fingerprint density at radius 1 is 1.33 bits per heavy atom. The average Bonchev–Trinajstić information content (AvgIpc) is 2.68. The molecule has 0 aliphatic rings. The molecular formula is C13H13N3O4S. The maximum absolute atomic E-state index is 12.1. The van der Waals surface area contributed by atoms with Crippen molar-refractivity contribution in [2.24, 2.45) is 7.05 Å². The molecule has 1 amide bonds. The van der Waals surface area contributed by atoms with Crippen molar-refractivity contribution in [3.8, 4) is 0 Å². The second-order valence-corrected chi connectivity index (χ2v) is 5.65. The highest BCUT2D eigenvalue weighted by atomic mass is 32.1. The van der Waals surface area contributed by atoms with Crippen LogP contribution in [-0.4, -0.2) is 26.8 Å². The van der Waals surface area contributed by atoms with Crippen LogP contribution in [0.4, 0.5) is 5.00 Å². The van der Waals surface area contributed by atoms with Gasteiger partial charge in [-0.05, 0) is 25.5 Å². The number of hydrogen-bond donors (Lipinski definition) is 2. The predicted octanol–water partition coefficient (Wildman–Crippen LogP) is 1.41. The molecule has 2 heterocycles. The molecule has 0 aromatic carbocycles. The molecular weight excluding hydrogens is 294 g/mol. The summed E-state index contributed by atoms with van der Waals surface area (Å²) in [5.74, 6) is -1.66. The first-order chi connectivity index (χ1) is 9.81. The van der Waals surface area contributed by atoms with E-state index < -0.39 is 11.9 Å². The molecule has 7 nitrogen and oxygen atoms in total. The van der Waals surface area contributed by atoms with Gasteiger partial charge < -0.3 is 10.4 Å². The van der Waals surface area contributed by atoms with E-state index in [2.05, 4.69) is 10.4 Å². The first-order valence-electron chi connectivity index (χ1n) is 6.00. The van der Waals surface area contributed by atoms with Gasteiger partial charge in [-0.2, -0.15) is 5.10 Å². The van der Waals surface area contributed by atoms with Gasteiger partial charge in [-0.3, -0.25) is 9.59 Å². The number of amides is 1. The van der Waals surface area contributed by atoms with Crippen molar-refractivity contribution in [2.45, 2.75) is 13.8 Å². The minimum absolute atomic E-state index is 0.0390. The highest BCUT2D eigenvalue weighted by Gasteiger charge is 2.21. The summed E-state index contributed by atoms with van der Waals surface area (Å²) in [5.41, 5.74) is 0.407. The normalized spacial score (nSPS) is 10.4. The summed E-state index contributed by atoms with van der Waals surface area (Å²) in [6.45, 7) is 3.47. The second kappa shape index (κ2) is 5.49. The third kappa shape index (κ3) is 2.84. The SMILES string of the molecule is Cc1sc(NC(=O)c2ccc(=O)n(C)n2)c(C(=O)O)c1C. The van der Waals surface area contributed by atoms with Crippen LogP contribution in [-0.2, 0) is 7.05 Å². The number of carboxylic acids is 1. The van der Waals surface area contributed by atoms with E-state index in [1.165, 1.54) is 30.5 Å². The molecule has 21 heavy (non-hydrogen) atoms. The quantitative estimate of drug-likeness (QED) is 0.892. The number of nitrogens with one attached hydrogen (secondary N) is 1. The molecule has 0 radical (unpaired) electrons. The number of rotatable bonds is 3. The second-order valence-electron chi connectivity index (χ2n) is 4.43. The summed E-state index contributed by atoms with van der Waals surface area (Å²) >= 11 is 1.19. The Bertz CT molecular complexity index is 791. The lowest BCUT2D eigenvalue weighted by Gasteiger charge is -2.05. The Morgan fingerprint density at radius 3 is 2.57 bits per heavy atom. The number of carboxylic acid groups (broad SMARTS) is 1. The van der Waals surface area contributed by atoms with Gasteiger partial charge in [0.25, 0.3) is 11.5 Å². The standard InChI is InChI=1S/C13H13N3O4S/c1-6-7(2)21-12(10(6)13(19)20)14-11(18)8-4-5-9(17)16(3)15-8/h4-5H,1-3H3,(H,14,18)(H,19,20). The Morgan fingerprint density at radius 2 is 2.00 bits per heavy atom. The van der Waals surface area contributed by atoms with Crippen LogP contribution in [0.5, 0.6) is 0 Å². The number of hydrogen-bond acceptors (Lipinski definition) is 5. The van der Waals surface area contributed by atoms with Crippen molar-refractivity contribution in [3.05, 3.63) is 44.2 Å². The van der Waals surface area contributed by atoms with Crippen LogP contribution >= 0.6 is 11.3 Å². The molecule has 110 valence electrons. The van der Waals surface area contributed by atoms with Gasteiger partial charge in [0.15, 0.2) is 0 Å². The third-order valence-electron chi connectivity index (χ3n) is 3.02. The molecule has 0 saturated carbocycles. The fraction of sp³-hybridized carbons (Fsp3) is 0.231. The fourth-order valence-electron chi connectivity index (χ4n) is 1.76. The lowest BCUT2D eigenvalue weighted by atomic mass is 10.1. The van der Waals surface area contributed by atoms with Crippen molar-refractivity contribution >= 4 is 28.2 Å². The van der Waals surface area contributed by atoms with Crippen molar-refractivity contribution in [1.29, 1.82) is 0 Å². The summed E-state index contributed by atoms with van der Waals surface area (Å²) in [6.07, 6.45) is 0. The first kappa shape index (κ1) is 14.9. The zero-order valence-electron chi connectivity index (χ0n) is 11.6. The van der Waals surface area contributed by atoms with Gasteiger partial charge in [0.1, 0.15) is 10.7 Å². The van der Waals surface area contributed by atoms with Gasteiger partial charge in [-0.1, -0.05) is 0 Å². The number of aryl methyl sites for hydroxylation is 2. The van der Waals surface area contributed by atoms with Crippen molar-refractivity contribution < 1.29 is 14.7 Å². The summed E-state index contributed by atoms with van der Waals surface area (Å²) < 4.78 is 1.04. The summed E-state index contributed by atoms with van der Waals surface area (Å²) in [4.78, 5) is 35.4. The zero-order chi connectivity index (χ0) is 15.7. The van der Waals surface area contributed by atoms with Crippen LogP contribution < -0.4 is 10.9 Å². The van der Waals surface area contributed by atoms with Crippen LogP contribution in [0.15, 0.2) is 16.9 Å². The van der Waals surface area contributed by atoms with E-state index in [4.69, 9.17) is 0 Å². The minimum atomic E-state index is -1.10. The van der Waals surface area contributed by atoms with E-state index >= 15 is 0 Å². The van der Waals surface area contributed by atoms with E-state index in [1.54, 1.807) is 13.8 Å². The molecule has 0 bridgehead atoms. The predicted molar refractivity (Wildman–Crippen MR) is 78.2 cm³/mol. The third-order valence-corrected chi connectivity index (χ3v) is 4.14. The molecule has 0 fully saturated rings. The number of carbonyl (C=O) groups excluding carboxylic acids is 1. The molecule has 0 aliphatic heterocycles. The van der Waals surface area contributed by atoms with Gasteiger partial charge >= 0.3 is 5.97 Å². The molecule has 0 saturated heterocycles. The van der Waals surface area contributed by atoms with E-state index in [1.807, 2.05) is 0 Å². The highest BCUT2D eigenvalue weighted by Crippen LogP contribution is 2.32. The van der Waals surface area contributed by atoms with Gasteiger partial charge in [0.05, 0.1) is 5.56 Å². The lowest BCUT2D eigenvalue weighted by Crippen LogP contribution is -2.23. The lowest BCUT2D eigenvalue weighted by molar-refractivity contribution is 0.0697. The summed E-state index contributed by atoms with van der Waals surface area (Å²) in [5, 5.41) is 15.8. The Labute approximate surface area is 123 Å². The molecule has 0 spiro atoms. The number of carbonyl (C=O) groups is 2. The number of aromatic nitrogens is 2. The largest absolute Gasteiger partial charge is 0.478 e. The Balaban J connectivity index is 2.36. The molecule has 2 N–H and O–H groups in total. The molecule has 0 aliphatic carbocycles. The maximum Gasteiger partial charge on any atom is 0.338 e. The molecule has 8 heteroatoms. The number of anilines is 1. The van der Waals surface area contributed by atoms with Crippen LogP contribution in [0.3, 0.4) is 0 Å². The van der Waals surface area contributed by atoms with Crippen LogP contribution in [0.25, 0.3) is 0 Å². The number of aromatic carboxylic acids is 1. The molecule has 2 aromatic heterocycles. The molecule has 2 aromatic rings. The smallest absolute Gasteiger partial charge is 0.338 e. The topological polar surface area (TPSA) is 101 Å². The van der Waals surface area contributed by atoms with Gasteiger partial charge in [0.2, 0.25) is 0 Å². The van der Waals surface area contributed by atoms with E-state index in [-0.39, 0.29) is 21.8 Å².